The third-order valence-corrected chi connectivity index (χ3v) is 7.73. The topological polar surface area (TPSA) is 119 Å². The second-order valence-corrected chi connectivity index (χ2v) is 10.4. The normalized spacial score (nSPS) is 12.5. The number of aliphatic carboxylic acids is 1. The Morgan fingerprint density at radius 3 is 2.24 bits per heavy atom. The molecular formula is C24H20ClN3O5S. The van der Waals surface area contributed by atoms with Crippen LogP contribution in [0, 0.1) is 0 Å². The number of halogens is 1. The highest BCUT2D eigenvalue weighted by molar-refractivity contribution is 7.92. The Balaban J connectivity index is 1.50. The molecule has 0 saturated carbocycles. The summed E-state index contributed by atoms with van der Waals surface area (Å²) in [6, 6.07) is 20.7. The first kappa shape index (κ1) is 23.6. The van der Waals surface area contributed by atoms with Crippen molar-refractivity contribution in [2.75, 3.05) is 0 Å². The first-order chi connectivity index (χ1) is 16.2. The first-order valence-corrected chi connectivity index (χ1v) is 12.5. The quantitative estimate of drug-likeness (QED) is 0.395. The van der Waals surface area contributed by atoms with Crippen molar-refractivity contribution in [3.63, 3.8) is 0 Å². The van der Waals surface area contributed by atoms with Crippen LogP contribution in [-0.4, -0.2) is 39.7 Å². The number of sulfone groups is 1. The highest BCUT2D eigenvalue weighted by atomic mass is 35.5. The maximum absolute atomic E-state index is 12.9. The standard InChI is InChI=1S/C24H20ClN3O5S/c25-19-11-9-18(10-12-19)17-7-5-16(6-8-17)15-34(32,33)22(24(30)31)13-14-28-23(29)20-3-1-2-4-21(20)26-27-28/h1-12,22H,13-15H2,(H,30,31). The fourth-order valence-corrected chi connectivity index (χ4v) is 5.39. The number of hydrogen-bond acceptors (Lipinski definition) is 6. The van der Waals surface area contributed by atoms with E-state index in [1.54, 1.807) is 60.7 Å². The van der Waals surface area contributed by atoms with E-state index < -0.39 is 32.4 Å². The molecule has 34 heavy (non-hydrogen) atoms. The van der Waals surface area contributed by atoms with E-state index in [0.29, 0.717) is 21.5 Å². The number of nitrogens with zero attached hydrogens (tertiary/aromatic N) is 3. The molecule has 0 spiro atoms. The van der Waals surface area contributed by atoms with Crippen molar-refractivity contribution in [2.24, 2.45) is 0 Å². The predicted octanol–water partition coefficient (Wildman–Crippen LogP) is 3.57. The van der Waals surface area contributed by atoms with E-state index in [-0.39, 0.29) is 13.0 Å². The van der Waals surface area contributed by atoms with Crippen LogP contribution in [0.5, 0.6) is 0 Å². The summed E-state index contributed by atoms with van der Waals surface area (Å²) in [5.74, 6) is -1.91. The van der Waals surface area contributed by atoms with Gasteiger partial charge < -0.3 is 5.11 Å². The molecule has 3 aromatic carbocycles. The zero-order chi connectivity index (χ0) is 24.3. The van der Waals surface area contributed by atoms with E-state index in [1.807, 2.05) is 12.1 Å². The Morgan fingerprint density at radius 2 is 1.59 bits per heavy atom. The smallest absolute Gasteiger partial charge is 0.321 e. The molecule has 0 aliphatic rings. The molecule has 1 unspecified atom stereocenters. The molecule has 1 N–H and O–H groups in total. The van der Waals surface area contributed by atoms with E-state index in [9.17, 15) is 23.1 Å². The number of fused-ring (bicyclic) bond motifs is 1. The van der Waals surface area contributed by atoms with Crippen LogP contribution in [0.2, 0.25) is 5.02 Å². The Bertz CT molecular complexity index is 1500. The third-order valence-electron chi connectivity index (χ3n) is 5.44. The van der Waals surface area contributed by atoms with Gasteiger partial charge in [-0.25, -0.2) is 13.1 Å². The molecule has 0 bridgehead atoms. The monoisotopic (exact) mass is 497 g/mol. The Kier molecular flexibility index (Phi) is 6.76. The Hall–Kier alpha value is -3.56. The highest BCUT2D eigenvalue weighted by Crippen LogP contribution is 2.23. The fraction of sp³-hybridized carbons (Fsp3) is 0.167. The van der Waals surface area contributed by atoms with E-state index in [4.69, 9.17) is 11.6 Å². The van der Waals surface area contributed by atoms with Gasteiger partial charge in [0.05, 0.1) is 11.1 Å². The van der Waals surface area contributed by atoms with Gasteiger partial charge in [0.2, 0.25) is 0 Å². The second kappa shape index (κ2) is 9.74. The summed E-state index contributed by atoms with van der Waals surface area (Å²) in [6.07, 6.45) is -0.312. The van der Waals surface area contributed by atoms with Crippen LogP contribution in [0.15, 0.2) is 77.6 Å². The zero-order valence-corrected chi connectivity index (χ0v) is 19.4. The summed E-state index contributed by atoms with van der Waals surface area (Å²) < 4.78 is 26.9. The van der Waals surface area contributed by atoms with E-state index in [2.05, 4.69) is 10.3 Å². The van der Waals surface area contributed by atoms with Crippen LogP contribution in [0.3, 0.4) is 0 Å². The van der Waals surface area contributed by atoms with E-state index >= 15 is 0 Å². The number of carboxylic acid groups (broad SMARTS) is 1. The summed E-state index contributed by atoms with van der Waals surface area (Å²) in [6.45, 7) is -0.192. The van der Waals surface area contributed by atoms with Crippen molar-refractivity contribution < 1.29 is 18.3 Å². The molecule has 0 fully saturated rings. The lowest BCUT2D eigenvalue weighted by molar-refractivity contribution is -0.136. The molecule has 0 aliphatic carbocycles. The molecule has 174 valence electrons. The molecule has 0 amide bonds. The molecule has 0 saturated heterocycles. The number of rotatable bonds is 8. The summed E-state index contributed by atoms with van der Waals surface area (Å²) in [5, 5.41) is 16.6. The number of hydrogen-bond donors (Lipinski definition) is 1. The minimum atomic E-state index is -4.06. The summed E-state index contributed by atoms with van der Waals surface area (Å²) >= 11 is 5.91. The lowest BCUT2D eigenvalue weighted by atomic mass is 10.0. The van der Waals surface area contributed by atoms with Crippen LogP contribution in [0.1, 0.15) is 12.0 Å². The number of benzene rings is 3. The number of aromatic nitrogens is 3. The van der Waals surface area contributed by atoms with Crippen molar-refractivity contribution in [3.05, 3.63) is 93.7 Å². The lowest BCUT2D eigenvalue weighted by Crippen LogP contribution is -2.34. The number of carboxylic acids is 1. The first-order valence-electron chi connectivity index (χ1n) is 10.4. The van der Waals surface area contributed by atoms with Crippen LogP contribution < -0.4 is 5.56 Å². The maximum atomic E-state index is 12.9. The van der Waals surface area contributed by atoms with Gasteiger partial charge in [-0.15, -0.1) is 5.10 Å². The van der Waals surface area contributed by atoms with Crippen molar-refractivity contribution in [1.82, 2.24) is 15.0 Å². The third kappa shape index (κ3) is 5.16. The zero-order valence-electron chi connectivity index (χ0n) is 17.8. The van der Waals surface area contributed by atoms with Gasteiger partial charge in [0, 0.05) is 11.6 Å². The highest BCUT2D eigenvalue weighted by Gasteiger charge is 2.32. The van der Waals surface area contributed by atoms with Crippen LogP contribution >= 0.6 is 11.6 Å². The van der Waals surface area contributed by atoms with Gasteiger partial charge in [0.25, 0.3) is 5.56 Å². The predicted molar refractivity (Wildman–Crippen MR) is 129 cm³/mol. The van der Waals surface area contributed by atoms with Crippen molar-refractivity contribution in [2.45, 2.75) is 24.0 Å². The molecular weight excluding hydrogens is 478 g/mol. The SMILES string of the molecule is O=C(O)C(CCn1nnc2ccccc2c1=O)S(=O)(=O)Cc1ccc(-c2ccc(Cl)cc2)cc1. The molecule has 8 nitrogen and oxygen atoms in total. The molecule has 10 heteroatoms. The summed E-state index contributed by atoms with van der Waals surface area (Å²) in [4.78, 5) is 24.4. The summed E-state index contributed by atoms with van der Waals surface area (Å²) in [7, 11) is -4.06. The Labute approximate surface area is 200 Å². The van der Waals surface area contributed by atoms with Crippen LogP contribution in [0.25, 0.3) is 22.0 Å². The van der Waals surface area contributed by atoms with Crippen LogP contribution in [-0.2, 0) is 26.9 Å². The second-order valence-electron chi connectivity index (χ2n) is 7.76. The minimum absolute atomic E-state index is 0.192. The van der Waals surface area contributed by atoms with Gasteiger partial charge in [-0.05, 0) is 47.4 Å². The largest absolute Gasteiger partial charge is 0.480 e. The molecule has 1 atom stereocenters. The van der Waals surface area contributed by atoms with E-state index in [0.717, 1.165) is 15.8 Å². The molecule has 1 aromatic heterocycles. The lowest BCUT2D eigenvalue weighted by Gasteiger charge is -2.14. The molecule has 4 aromatic rings. The van der Waals surface area contributed by atoms with Gasteiger partial charge in [0.1, 0.15) is 5.52 Å². The Morgan fingerprint density at radius 1 is 0.971 bits per heavy atom. The molecule has 0 aliphatic heterocycles. The van der Waals surface area contributed by atoms with Gasteiger partial charge in [-0.1, -0.05) is 65.3 Å². The number of carbonyl (C=O) groups is 1. The van der Waals surface area contributed by atoms with Crippen LogP contribution in [0.4, 0.5) is 0 Å². The fourth-order valence-electron chi connectivity index (χ4n) is 3.63. The van der Waals surface area contributed by atoms with Crippen molar-refractivity contribution in [3.8, 4) is 11.1 Å². The minimum Gasteiger partial charge on any atom is -0.480 e. The van der Waals surface area contributed by atoms with Crippen molar-refractivity contribution in [1.29, 1.82) is 0 Å². The number of aryl methyl sites for hydroxylation is 1. The molecule has 4 rings (SSSR count). The van der Waals surface area contributed by atoms with Gasteiger partial charge >= 0.3 is 5.97 Å². The van der Waals surface area contributed by atoms with Gasteiger partial charge in [-0.3, -0.25) is 9.59 Å². The van der Waals surface area contributed by atoms with Gasteiger partial charge in [-0.2, -0.15) is 0 Å². The van der Waals surface area contributed by atoms with Gasteiger partial charge in [0.15, 0.2) is 15.1 Å². The summed E-state index contributed by atoms with van der Waals surface area (Å²) in [5.41, 5.74) is 2.22. The molecule has 0 radical (unpaired) electrons. The maximum Gasteiger partial charge on any atom is 0.321 e. The van der Waals surface area contributed by atoms with E-state index in [1.165, 1.54) is 0 Å². The molecule has 1 heterocycles. The average molecular weight is 498 g/mol. The van der Waals surface area contributed by atoms with Crippen molar-refractivity contribution >= 4 is 38.3 Å². The average Bonchev–Trinajstić information content (AvgIpc) is 2.81.